The number of halogens is 1. The number of hydrogen-bond acceptors (Lipinski definition) is 7. The zero-order valence-corrected chi connectivity index (χ0v) is 14.2. The van der Waals surface area contributed by atoms with Gasteiger partial charge in [0.25, 0.3) is 0 Å². The summed E-state index contributed by atoms with van der Waals surface area (Å²) in [4.78, 5) is 26.6. The Morgan fingerprint density at radius 1 is 1.23 bits per heavy atom. The second-order valence-electron chi connectivity index (χ2n) is 5.00. The maximum absolute atomic E-state index is 13.3. The van der Waals surface area contributed by atoms with Crippen molar-refractivity contribution < 1.29 is 23.6 Å². The maximum atomic E-state index is 13.3. The molecule has 0 radical (unpaired) electrons. The van der Waals surface area contributed by atoms with Gasteiger partial charge in [-0.2, -0.15) is 0 Å². The lowest BCUT2D eigenvalue weighted by atomic mass is 10.2. The Kier molecular flexibility index (Phi) is 4.90. The molecular formula is C17H11FN2O5S. The lowest BCUT2D eigenvalue weighted by molar-refractivity contribution is -0.385. The van der Waals surface area contributed by atoms with E-state index in [1.807, 2.05) is 0 Å². The number of ether oxygens (including phenoxy) is 2. The minimum absolute atomic E-state index is 0.0468. The molecule has 0 bridgehead atoms. The number of nitrogens with zero attached hydrogens (tertiary/aromatic N) is 2. The van der Waals surface area contributed by atoms with Crippen LogP contribution in [0.25, 0.3) is 10.6 Å². The van der Waals surface area contributed by atoms with Crippen molar-refractivity contribution in [3.05, 3.63) is 69.5 Å². The van der Waals surface area contributed by atoms with E-state index >= 15 is 0 Å². The number of hydrogen-bond donors (Lipinski definition) is 0. The SMILES string of the molecule is COc1ccccc1-c1nc(C(=O)Oc2cc(F)ccc2[N+](=O)[O-])cs1. The van der Waals surface area contributed by atoms with E-state index < -0.39 is 28.1 Å². The summed E-state index contributed by atoms with van der Waals surface area (Å²) in [6.45, 7) is 0. The molecule has 0 aliphatic rings. The number of rotatable bonds is 5. The maximum Gasteiger partial charge on any atom is 0.363 e. The highest BCUT2D eigenvalue weighted by Crippen LogP contribution is 2.33. The molecule has 0 amide bonds. The third-order valence-electron chi connectivity index (χ3n) is 3.37. The fraction of sp³-hybridized carbons (Fsp3) is 0.0588. The number of esters is 1. The van der Waals surface area contributed by atoms with Crippen molar-refractivity contribution in [2.75, 3.05) is 7.11 Å². The molecule has 0 atom stereocenters. The molecule has 1 aromatic heterocycles. The van der Waals surface area contributed by atoms with Crippen LogP contribution >= 0.6 is 11.3 Å². The molecule has 0 spiro atoms. The summed E-state index contributed by atoms with van der Waals surface area (Å²) in [5.41, 5.74) is 0.130. The topological polar surface area (TPSA) is 91.6 Å². The molecule has 2 aromatic carbocycles. The smallest absolute Gasteiger partial charge is 0.363 e. The van der Waals surface area contributed by atoms with Gasteiger partial charge in [-0.05, 0) is 18.2 Å². The molecule has 26 heavy (non-hydrogen) atoms. The van der Waals surface area contributed by atoms with Crippen LogP contribution < -0.4 is 9.47 Å². The Labute approximate surface area is 150 Å². The quantitative estimate of drug-likeness (QED) is 0.289. The Hall–Kier alpha value is -3.33. The normalized spacial score (nSPS) is 10.4. The number of carbonyl (C=O) groups excluding carboxylic acids is 1. The van der Waals surface area contributed by atoms with Gasteiger partial charge < -0.3 is 9.47 Å². The van der Waals surface area contributed by atoms with Crippen LogP contribution in [0, 0.1) is 15.9 Å². The minimum Gasteiger partial charge on any atom is -0.496 e. The molecule has 0 aliphatic heterocycles. The van der Waals surface area contributed by atoms with Gasteiger partial charge in [-0.1, -0.05) is 12.1 Å². The molecule has 7 nitrogen and oxygen atoms in total. The summed E-state index contributed by atoms with van der Waals surface area (Å²) in [5, 5.41) is 12.9. The van der Waals surface area contributed by atoms with E-state index in [9.17, 15) is 19.3 Å². The van der Waals surface area contributed by atoms with Crippen LogP contribution in [0.5, 0.6) is 11.5 Å². The van der Waals surface area contributed by atoms with Crippen LogP contribution in [0.4, 0.5) is 10.1 Å². The second kappa shape index (κ2) is 7.28. The van der Waals surface area contributed by atoms with Gasteiger partial charge in [0.1, 0.15) is 16.6 Å². The summed E-state index contributed by atoms with van der Waals surface area (Å²) < 4.78 is 23.6. The first-order valence-corrected chi connectivity index (χ1v) is 8.12. The molecule has 132 valence electrons. The predicted octanol–water partition coefficient (Wildman–Crippen LogP) is 4.09. The molecule has 0 aliphatic carbocycles. The van der Waals surface area contributed by atoms with Gasteiger partial charge in [-0.25, -0.2) is 14.2 Å². The van der Waals surface area contributed by atoms with Crippen LogP contribution in [-0.2, 0) is 0 Å². The Morgan fingerprint density at radius 3 is 2.73 bits per heavy atom. The summed E-state index contributed by atoms with van der Waals surface area (Å²) in [5.74, 6) is -1.57. The van der Waals surface area contributed by atoms with E-state index in [0.29, 0.717) is 16.3 Å². The van der Waals surface area contributed by atoms with E-state index in [0.717, 1.165) is 18.2 Å². The van der Waals surface area contributed by atoms with Crippen LogP contribution in [0.3, 0.4) is 0 Å². The van der Waals surface area contributed by atoms with Crippen LogP contribution in [-0.4, -0.2) is 23.0 Å². The van der Waals surface area contributed by atoms with Gasteiger partial charge in [-0.15, -0.1) is 11.3 Å². The van der Waals surface area contributed by atoms with Crippen molar-refractivity contribution in [3.8, 4) is 22.1 Å². The predicted molar refractivity (Wildman–Crippen MR) is 92.1 cm³/mol. The molecular weight excluding hydrogens is 363 g/mol. The van der Waals surface area contributed by atoms with Gasteiger partial charge in [0.05, 0.1) is 17.6 Å². The van der Waals surface area contributed by atoms with Crippen molar-refractivity contribution >= 4 is 23.0 Å². The van der Waals surface area contributed by atoms with Crippen molar-refractivity contribution in [2.24, 2.45) is 0 Å². The average Bonchev–Trinajstić information content (AvgIpc) is 3.11. The van der Waals surface area contributed by atoms with Gasteiger partial charge in [-0.3, -0.25) is 10.1 Å². The first-order valence-electron chi connectivity index (χ1n) is 7.24. The summed E-state index contributed by atoms with van der Waals surface area (Å²) in [7, 11) is 1.52. The van der Waals surface area contributed by atoms with Crippen molar-refractivity contribution in [2.45, 2.75) is 0 Å². The lowest BCUT2D eigenvalue weighted by Gasteiger charge is -2.05. The number of aromatic nitrogens is 1. The van der Waals surface area contributed by atoms with Gasteiger partial charge in [0.15, 0.2) is 5.69 Å². The van der Waals surface area contributed by atoms with Gasteiger partial charge in [0.2, 0.25) is 5.75 Å². The molecule has 0 unspecified atom stereocenters. The summed E-state index contributed by atoms with van der Waals surface area (Å²) >= 11 is 1.18. The van der Waals surface area contributed by atoms with Gasteiger partial charge in [0, 0.05) is 17.5 Å². The molecule has 0 N–H and O–H groups in total. The second-order valence-corrected chi connectivity index (χ2v) is 5.85. The number of methoxy groups -OCH3 is 1. The lowest BCUT2D eigenvalue weighted by Crippen LogP contribution is -2.10. The molecule has 0 saturated heterocycles. The van der Waals surface area contributed by atoms with Gasteiger partial charge >= 0.3 is 11.7 Å². The highest BCUT2D eigenvalue weighted by Gasteiger charge is 2.22. The monoisotopic (exact) mass is 374 g/mol. The average molecular weight is 374 g/mol. The van der Waals surface area contributed by atoms with Crippen LogP contribution in [0.1, 0.15) is 10.5 Å². The zero-order chi connectivity index (χ0) is 18.7. The zero-order valence-electron chi connectivity index (χ0n) is 13.3. The number of thiazole rings is 1. The van der Waals surface area contributed by atoms with Crippen LogP contribution in [0.2, 0.25) is 0 Å². The first kappa shape index (κ1) is 17.5. The minimum atomic E-state index is -0.920. The third-order valence-corrected chi connectivity index (χ3v) is 4.25. The number of nitro benzene ring substituents is 1. The number of para-hydroxylation sites is 1. The Balaban J connectivity index is 1.88. The summed E-state index contributed by atoms with van der Waals surface area (Å²) in [6, 6.07) is 9.76. The third kappa shape index (κ3) is 3.52. The standard InChI is InChI=1S/C17H11FN2O5S/c1-24-14-5-3-2-4-11(14)16-19-12(9-26-16)17(21)25-15-8-10(18)6-7-13(15)20(22)23/h2-9H,1H3. The van der Waals surface area contributed by atoms with E-state index in [-0.39, 0.29) is 5.69 Å². The number of nitro groups is 1. The van der Waals surface area contributed by atoms with Crippen molar-refractivity contribution in [1.29, 1.82) is 0 Å². The van der Waals surface area contributed by atoms with E-state index in [2.05, 4.69) is 4.98 Å². The summed E-state index contributed by atoms with van der Waals surface area (Å²) in [6.07, 6.45) is 0. The molecule has 3 rings (SSSR count). The van der Waals surface area contributed by atoms with Crippen molar-refractivity contribution in [3.63, 3.8) is 0 Å². The molecule has 1 heterocycles. The van der Waals surface area contributed by atoms with E-state index in [1.165, 1.54) is 23.8 Å². The van der Waals surface area contributed by atoms with Crippen molar-refractivity contribution in [1.82, 2.24) is 4.98 Å². The van der Waals surface area contributed by atoms with Crippen LogP contribution in [0.15, 0.2) is 47.8 Å². The fourth-order valence-corrected chi connectivity index (χ4v) is 3.00. The van der Waals surface area contributed by atoms with E-state index in [4.69, 9.17) is 9.47 Å². The Bertz CT molecular complexity index is 989. The molecule has 0 fully saturated rings. The fourth-order valence-electron chi connectivity index (χ4n) is 2.19. The molecule has 3 aromatic rings. The van der Waals surface area contributed by atoms with E-state index in [1.54, 1.807) is 24.3 Å². The highest BCUT2D eigenvalue weighted by molar-refractivity contribution is 7.13. The Morgan fingerprint density at radius 2 is 2.00 bits per heavy atom. The highest BCUT2D eigenvalue weighted by atomic mass is 32.1. The first-order chi connectivity index (χ1) is 12.5. The number of benzene rings is 2. The largest absolute Gasteiger partial charge is 0.496 e. The molecule has 0 saturated carbocycles. The number of carbonyl (C=O) groups is 1. The molecule has 9 heteroatoms.